The first kappa shape index (κ1) is 13.7. The zero-order valence-corrected chi connectivity index (χ0v) is 12.7. The lowest BCUT2D eigenvalue weighted by atomic mass is 10.2. The molecule has 5 nitrogen and oxygen atoms in total. The predicted molar refractivity (Wildman–Crippen MR) is 90.7 cm³/mol. The number of hydrogen-bond acceptors (Lipinski definition) is 5. The van der Waals surface area contributed by atoms with Gasteiger partial charge in [0.25, 0.3) is 0 Å². The van der Waals surface area contributed by atoms with Gasteiger partial charge in [0.05, 0.1) is 0 Å². The average Bonchev–Trinajstić information content (AvgIpc) is 3.05. The number of hydrogen-bond donors (Lipinski definition) is 1. The monoisotopic (exact) mass is 303 g/mol. The molecule has 0 saturated heterocycles. The first-order valence-corrected chi connectivity index (χ1v) is 7.71. The van der Waals surface area contributed by atoms with Crippen LogP contribution in [0.15, 0.2) is 61.1 Å². The quantitative estimate of drug-likeness (QED) is 0.802. The Morgan fingerprint density at radius 3 is 2.78 bits per heavy atom. The van der Waals surface area contributed by atoms with E-state index in [0.717, 1.165) is 31.3 Å². The molecule has 4 rings (SSSR count). The van der Waals surface area contributed by atoms with Crippen LogP contribution in [0.4, 0.5) is 17.5 Å². The van der Waals surface area contributed by atoms with Crippen LogP contribution < -0.4 is 10.2 Å². The maximum absolute atomic E-state index is 4.66. The van der Waals surface area contributed by atoms with E-state index in [4.69, 9.17) is 0 Å². The third kappa shape index (κ3) is 2.85. The largest absolute Gasteiger partial charge is 0.366 e. The number of benzene rings is 1. The zero-order chi connectivity index (χ0) is 15.5. The number of pyridine rings is 1. The minimum absolute atomic E-state index is 0.718. The van der Waals surface area contributed by atoms with Crippen LogP contribution in [0.3, 0.4) is 0 Å². The van der Waals surface area contributed by atoms with E-state index >= 15 is 0 Å². The summed E-state index contributed by atoms with van der Waals surface area (Å²) in [4.78, 5) is 15.3. The highest BCUT2D eigenvalue weighted by molar-refractivity contribution is 5.66. The fourth-order valence-corrected chi connectivity index (χ4v) is 2.82. The molecule has 23 heavy (non-hydrogen) atoms. The minimum Gasteiger partial charge on any atom is -0.366 e. The van der Waals surface area contributed by atoms with Gasteiger partial charge >= 0.3 is 0 Å². The minimum atomic E-state index is 0.718. The van der Waals surface area contributed by atoms with Gasteiger partial charge in [-0.05, 0) is 41.8 Å². The van der Waals surface area contributed by atoms with Gasteiger partial charge in [-0.3, -0.25) is 4.98 Å². The Labute approximate surface area is 135 Å². The van der Waals surface area contributed by atoms with Gasteiger partial charge in [0, 0.05) is 37.4 Å². The molecule has 0 unspecified atom stereocenters. The van der Waals surface area contributed by atoms with Crippen LogP contribution in [0.25, 0.3) is 0 Å². The Kier molecular flexibility index (Phi) is 3.60. The summed E-state index contributed by atoms with van der Waals surface area (Å²) in [7, 11) is 0. The van der Waals surface area contributed by atoms with Crippen molar-refractivity contribution >= 4 is 17.5 Å². The zero-order valence-electron chi connectivity index (χ0n) is 12.7. The van der Waals surface area contributed by atoms with Crippen molar-refractivity contribution in [3.8, 4) is 0 Å². The number of fused-ring (bicyclic) bond motifs is 1. The van der Waals surface area contributed by atoms with Gasteiger partial charge in [0.15, 0.2) is 0 Å². The average molecular weight is 303 g/mol. The molecule has 1 aromatic carbocycles. The Morgan fingerprint density at radius 1 is 1.00 bits per heavy atom. The van der Waals surface area contributed by atoms with Gasteiger partial charge in [-0.15, -0.1) is 0 Å². The van der Waals surface area contributed by atoms with Crippen LogP contribution in [0, 0.1) is 0 Å². The molecule has 5 heteroatoms. The molecule has 3 aromatic rings. The summed E-state index contributed by atoms with van der Waals surface area (Å²) >= 11 is 0. The van der Waals surface area contributed by atoms with Crippen molar-refractivity contribution in [1.29, 1.82) is 0 Å². The molecule has 0 bridgehead atoms. The topological polar surface area (TPSA) is 53.9 Å². The lowest BCUT2D eigenvalue weighted by Crippen LogP contribution is -2.17. The standard InChI is InChI=1S/C18H17N5/c1-2-4-16-15(3-1)8-12-23(16)18-20-11-7-17(22-18)21-13-14-5-9-19-10-6-14/h1-7,9-11H,8,12-13H2,(H,20,21,22). The summed E-state index contributed by atoms with van der Waals surface area (Å²) in [5.41, 5.74) is 3.73. The van der Waals surface area contributed by atoms with Crippen molar-refractivity contribution in [2.24, 2.45) is 0 Å². The van der Waals surface area contributed by atoms with Crippen LogP contribution >= 0.6 is 0 Å². The van der Waals surface area contributed by atoms with Crippen molar-refractivity contribution in [3.05, 3.63) is 72.2 Å². The molecule has 3 heterocycles. The fraction of sp³-hybridized carbons (Fsp3) is 0.167. The van der Waals surface area contributed by atoms with Gasteiger partial charge in [-0.25, -0.2) is 4.98 Å². The van der Waals surface area contributed by atoms with Gasteiger partial charge in [-0.1, -0.05) is 18.2 Å². The van der Waals surface area contributed by atoms with E-state index in [1.165, 1.54) is 16.8 Å². The van der Waals surface area contributed by atoms with Crippen molar-refractivity contribution < 1.29 is 0 Å². The molecule has 0 radical (unpaired) electrons. The third-order valence-electron chi connectivity index (χ3n) is 3.99. The molecular weight excluding hydrogens is 286 g/mol. The first-order valence-electron chi connectivity index (χ1n) is 7.71. The molecule has 114 valence electrons. The lowest BCUT2D eigenvalue weighted by molar-refractivity contribution is 0.936. The summed E-state index contributed by atoms with van der Waals surface area (Å²) in [5, 5.41) is 3.34. The summed E-state index contributed by atoms with van der Waals surface area (Å²) in [6.45, 7) is 1.64. The molecule has 0 aliphatic carbocycles. The van der Waals surface area contributed by atoms with Crippen molar-refractivity contribution in [3.63, 3.8) is 0 Å². The highest BCUT2D eigenvalue weighted by atomic mass is 15.3. The molecule has 1 aliphatic heterocycles. The second-order valence-corrected chi connectivity index (χ2v) is 5.48. The van der Waals surface area contributed by atoms with Gasteiger partial charge in [0.1, 0.15) is 5.82 Å². The normalized spacial score (nSPS) is 13.0. The SMILES string of the molecule is c1ccc2c(c1)CCN2c1nccc(NCc2ccncc2)n1. The highest BCUT2D eigenvalue weighted by Crippen LogP contribution is 2.32. The Morgan fingerprint density at radius 2 is 1.87 bits per heavy atom. The number of para-hydroxylation sites is 1. The van der Waals surface area contributed by atoms with Crippen LogP contribution in [0.5, 0.6) is 0 Å². The smallest absolute Gasteiger partial charge is 0.231 e. The molecule has 1 aliphatic rings. The van der Waals surface area contributed by atoms with E-state index in [0.29, 0.717) is 0 Å². The molecular formula is C18H17N5. The van der Waals surface area contributed by atoms with E-state index in [1.807, 2.05) is 18.2 Å². The molecule has 0 saturated carbocycles. The summed E-state index contributed by atoms with van der Waals surface area (Å²) in [6, 6.07) is 14.3. The third-order valence-corrected chi connectivity index (χ3v) is 3.99. The number of nitrogens with zero attached hydrogens (tertiary/aromatic N) is 4. The van der Waals surface area contributed by atoms with Gasteiger partial charge < -0.3 is 10.2 Å². The van der Waals surface area contributed by atoms with Crippen LogP contribution in [0.2, 0.25) is 0 Å². The van der Waals surface area contributed by atoms with E-state index in [-0.39, 0.29) is 0 Å². The number of rotatable bonds is 4. The van der Waals surface area contributed by atoms with Crippen LogP contribution in [-0.2, 0) is 13.0 Å². The Hall–Kier alpha value is -2.95. The van der Waals surface area contributed by atoms with Crippen LogP contribution in [-0.4, -0.2) is 21.5 Å². The van der Waals surface area contributed by atoms with Crippen molar-refractivity contribution in [2.45, 2.75) is 13.0 Å². The molecule has 0 atom stereocenters. The maximum atomic E-state index is 4.66. The number of nitrogens with one attached hydrogen (secondary N) is 1. The van der Waals surface area contributed by atoms with E-state index in [1.54, 1.807) is 18.6 Å². The fourth-order valence-electron chi connectivity index (χ4n) is 2.82. The van der Waals surface area contributed by atoms with Crippen molar-refractivity contribution in [1.82, 2.24) is 15.0 Å². The van der Waals surface area contributed by atoms with Crippen molar-refractivity contribution in [2.75, 3.05) is 16.8 Å². The van der Waals surface area contributed by atoms with E-state index in [9.17, 15) is 0 Å². The van der Waals surface area contributed by atoms with Gasteiger partial charge in [0.2, 0.25) is 5.95 Å². The number of anilines is 3. The first-order chi connectivity index (χ1) is 11.4. The molecule has 0 spiro atoms. The lowest BCUT2D eigenvalue weighted by Gasteiger charge is -2.17. The number of aromatic nitrogens is 3. The molecule has 0 fully saturated rings. The highest BCUT2D eigenvalue weighted by Gasteiger charge is 2.21. The summed E-state index contributed by atoms with van der Waals surface area (Å²) < 4.78 is 0. The summed E-state index contributed by atoms with van der Waals surface area (Å²) in [6.07, 6.45) is 6.43. The Bertz CT molecular complexity index is 803. The van der Waals surface area contributed by atoms with E-state index in [2.05, 4.69) is 49.4 Å². The second kappa shape index (κ2) is 6.04. The molecule has 0 amide bonds. The van der Waals surface area contributed by atoms with Gasteiger partial charge in [-0.2, -0.15) is 4.98 Å². The molecule has 2 aromatic heterocycles. The van der Waals surface area contributed by atoms with Crippen LogP contribution in [0.1, 0.15) is 11.1 Å². The molecule has 1 N–H and O–H groups in total. The second-order valence-electron chi connectivity index (χ2n) is 5.48. The van der Waals surface area contributed by atoms with E-state index < -0.39 is 0 Å². The predicted octanol–water partition coefficient (Wildman–Crippen LogP) is 3.18. The Balaban J connectivity index is 1.53. The summed E-state index contributed by atoms with van der Waals surface area (Å²) in [5.74, 6) is 1.57. The maximum Gasteiger partial charge on any atom is 0.231 e.